The van der Waals surface area contributed by atoms with E-state index in [1.54, 1.807) is 67.7 Å². The van der Waals surface area contributed by atoms with Gasteiger partial charge in [-0.15, -0.1) is 0 Å². The first kappa shape index (κ1) is 24.2. The third-order valence-corrected chi connectivity index (χ3v) is 6.08. The third kappa shape index (κ3) is 5.58. The van der Waals surface area contributed by atoms with Gasteiger partial charge < -0.3 is 9.64 Å². The van der Waals surface area contributed by atoms with Crippen molar-refractivity contribution in [1.82, 2.24) is 14.5 Å². The number of hydrogen-bond donors (Lipinski definition) is 0. The molecule has 4 rings (SSSR count). The first-order valence-electron chi connectivity index (χ1n) is 11.1. The molecule has 0 atom stereocenters. The van der Waals surface area contributed by atoms with Gasteiger partial charge in [0, 0.05) is 11.9 Å². The highest BCUT2D eigenvalue weighted by Gasteiger charge is 2.22. The quantitative estimate of drug-likeness (QED) is 0.212. The highest BCUT2D eigenvalue weighted by atomic mass is 32.2. The molecule has 4 aromatic rings. The van der Waals surface area contributed by atoms with E-state index in [1.165, 1.54) is 9.47 Å². The van der Waals surface area contributed by atoms with Crippen molar-refractivity contribution in [3.8, 4) is 5.82 Å². The molecule has 0 aliphatic carbocycles. The summed E-state index contributed by atoms with van der Waals surface area (Å²) in [6.45, 7) is 3.64. The predicted octanol–water partition coefficient (Wildman–Crippen LogP) is 3.78. The van der Waals surface area contributed by atoms with Crippen LogP contribution in [0.2, 0.25) is 0 Å². The van der Waals surface area contributed by atoms with Crippen LogP contribution < -0.4 is 10.5 Å². The molecule has 35 heavy (non-hydrogen) atoms. The number of anilines is 1. The van der Waals surface area contributed by atoms with Crippen molar-refractivity contribution < 1.29 is 14.3 Å². The molecular formula is C26H24N4O4S. The number of nitrogens with zero attached hydrogens (tertiary/aromatic N) is 4. The number of carbonyl (C=O) groups excluding carboxylic acids is 2. The Labute approximate surface area is 206 Å². The fourth-order valence-electron chi connectivity index (χ4n) is 3.47. The van der Waals surface area contributed by atoms with Crippen LogP contribution in [0.25, 0.3) is 16.7 Å². The van der Waals surface area contributed by atoms with Crippen molar-refractivity contribution in [1.29, 1.82) is 0 Å². The van der Waals surface area contributed by atoms with Crippen LogP contribution in [0.4, 0.5) is 5.69 Å². The van der Waals surface area contributed by atoms with E-state index in [9.17, 15) is 14.4 Å². The number of hydrogen-bond acceptors (Lipinski definition) is 7. The number of pyridine rings is 1. The molecule has 0 fully saturated rings. The lowest BCUT2D eigenvalue weighted by molar-refractivity contribution is -0.142. The maximum Gasteiger partial charge on any atom is 0.326 e. The molecular weight excluding hydrogens is 464 g/mol. The number of benzene rings is 2. The van der Waals surface area contributed by atoms with Crippen LogP contribution >= 0.6 is 11.8 Å². The Morgan fingerprint density at radius 1 is 1.03 bits per heavy atom. The van der Waals surface area contributed by atoms with Crippen LogP contribution in [-0.2, 0) is 14.3 Å². The van der Waals surface area contributed by atoms with E-state index in [-0.39, 0.29) is 30.4 Å². The molecule has 2 aromatic heterocycles. The molecule has 2 aromatic carbocycles. The summed E-state index contributed by atoms with van der Waals surface area (Å²) in [5.74, 6) is -0.454. The summed E-state index contributed by atoms with van der Waals surface area (Å²) in [6, 6.07) is 19.6. The topological polar surface area (TPSA) is 94.4 Å². The number of esters is 1. The number of rotatable bonds is 8. The molecule has 9 heteroatoms. The van der Waals surface area contributed by atoms with E-state index < -0.39 is 5.97 Å². The molecule has 8 nitrogen and oxygen atoms in total. The molecule has 0 saturated heterocycles. The Morgan fingerprint density at radius 2 is 1.77 bits per heavy atom. The van der Waals surface area contributed by atoms with E-state index in [0.717, 1.165) is 17.3 Å². The summed E-state index contributed by atoms with van der Waals surface area (Å²) in [4.78, 5) is 49.2. The number of aromatic nitrogens is 3. The number of fused-ring (bicyclic) bond motifs is 1. The van der Waals surface area contributed by atoms with E-state index in [0.29, 0.717) is 27.6 Å². The number of amides is 1. The Bertz CT molecular complexity index is 1400. The number of ether oxygens (including phenoxy) is 1. The van der Waals surface area contributed by atoms with Gasteiger partial charge in [-0.05, 0) is 49.7 Å². The van der Waals surface area contributed by atoms with Gasteiger partial charge in [0.2, 0.25) is 5.91 Å². The fourth-order valence-corrected chi connectivity index (χ4v) is 4.35. The summed E-state index contributed by atoms with van der Waals surface area (Å²) in [5, 5.41) is 0.793. The summed E-state index contributed by atoms with van der Waals surface area (Å²) in [6.07, 6.45) is 1.67. The zero-order valence-electron chi connectivity index (χ0n) is 19.4. The second-order valence-corrected chi connectivity index (χ2v) is 8.60. The van der Waals surface area contributed by atoms with Crippen LogP contribution in [0.15, 0.2) is 82.9 Å². The molecule has 0 radical (unpaired) electrons. The van der Waals surface area contributed by atoms with E-state index in [4.69, 9.17) is 4.74 Å². The minimum absolute atomic E-state index is 0.0507. The maximum atomic E-state index is 13.4. The highest BCUT2D eigenvalue weighted by Crippen LogP contribution is 2.23. The zero-order valence-corrected chi connectivity index (χ0v) is 20.2. The van der Waals surface area contributed by atoms with Gasteiger partial charge in [-0.1, -0.05) is 48.2 Å². The summed E-state index contributed by atoms with van der Waals surface area (Å²) >= 11 is 1.12. The Kier molecular flexibility index (Phi) is 7.57. The van der Waals surface area contributed by atoms with Crippen LogP contribution in [0, 0.1) is 6.92 Å². The van der Waals surface area contributed by atoms with Gasteiger partial charge >= 0.3 is 5.97 Å². The van der Waals surface area contributed by atoms with Crippen molar-refractivity contribution in [3.05, 3.63) is 88.8 Å². The minimum Gasteiger partial charge on any atom is -0.465 e. The van der Waals surface area contributed by atoms with Crippen molar-refractivity contribution >= 4 is 40.2 Å². The zero-order chi connectivity index (χ0) is 24.8. The molecule has 2 heterocycles. The molecule has 178 valence electrons. The third-order valence-electron chi connectivity index (χ3n) is 5.16. The van der Waals surface area contributed by atoms with Gasteiger partial charge in [-0.2, -0.15) is 0 Å². The van der Waals surface area contributed by atoms with Gasteiger partial charge in [-0.3, -0.25) is 14.4 Å². The Hall–Kier alpha value is -3.98. The molecule has 0 aliphatic heterocycles. The van der Waals surface area contributed by atoms with Crippen LogP contribution in [0.1, 0.15) is 12.5 Å². The van der Waals surface area contributed by atoms with E-state index in [2.05, 4.69) is 9.97 Å². The van der Waals surface area contributed by atoms with Gasteiger partial charge in [0.05, 0.1) is 23.3 Å². The fraction of sp³-hybridized carbons (Fsp3) is 0.192. The number of thioether (sulfide) groups is 1. The molecule has 0 bridgehead atoms. The smallest absolute Gasteiger partial charge is 0.326 e. The van der Waals surface area contributed by atoms with Crippen LogP contribution in [0.5, 0.6) is 0 Å². The number of carbonyl (C=O) groups is 2. The average molecular weight is 489 g/mol. The van der Waals surface area contributed by atoms with Crippen molar-refractivity contribution in [2.24, 2.45) is 0 Å². The van der Waals surface area contributed by atoms with E-state index >= 15 is 0 Å². The average Bonchev–Trinajstić information content (AvgIpc) is 2.87. The van der Waals surface area contributed by atoms with E-state index in [1.807, 2.05) is 19.1 Å². The summed E-state index contributed by atoms with van der Waals surface area (Å²) < 4.78 is 6.47. The number of para-hydroxylation sites is 2. The molecule has 0 saturated carbocycles. The van der Waals surface area contributed by atoms with Crippen molar-refractivity contribution in [2.75, 3.05) is 23.8 Å². The van der Waals surface area contributed by atoms with Gasteiger partial charge in [0.1, 0.15) is 12.4 Å². The van der Waals surface area contributed by atoms with Crippen LogP contribution in [0.3, 0.4) is 0 Å². The lowest BCUT2D eigenvalue weighted by Crippen LogP contribution is -2.38. The molecule has 1 amide bonds. The maximum absolute atomic E-state index is 13.4. The SMILES string of the molecule is CCOC(=O)CN(C(=O)CSc1nc2ccccc2c(=O)n1-c1ccc(C)cn1)c1ccccc1. The Morgan fingerprint density at radius 3 is 2.49 bits per heavy atom. The van der Waals surface area contributed by atoms with Gasteiger partial charge in [0.25, 0.3) is 5.56 Å². The second-order valence-electron chi connectivity index (χ2n) is 7.65. The first-order valence-corrected chi connectivity index (χ1v) is 12.0. The highest BCUT2D eigenvalue weighted by molar-refractivity contribution is 7.99. The summed E-state index contributed by atoms with van der Waals surface area (Å²) in [7, 11) is 0. The second kappa shape index (κ2) is 11.0. The van der Waals surface area contributed by atoms with Crippen molar-refractivity contribution in [3.63, 3.8) is 0 Å². The largest absolute Gasteiger partial charge is 0.465 e. The molecule has 0 unspecified atom stereocenters. The molecule has 0 N–H and O–H groups in total. The normalized spacial score (nSPS) is 10.8. The van der Waals surface area contributed by atoms with Gasteiger partial charge in [0.15, 0.2) is 5.16 Å². The molecule has 0 spiro atoms. The van der Waals surface area contributed by atoms with Crippen molar-refractivity contribution in [2.45, 2.75) is 19.0 Å². The summed E-state index contributed by atoms with van der Waals surface area (Å²) in [5.41, 5.74) is 1.79. The standard InChI is InChI=1S/C26H24N4O4S/c1-3-34-24(32)16-29(19-9-5-4-6-10-19)23(31)17-35-26-28-21-12-8-7-11-20(21)25(33)30(26)22-14-13-18(2)15-27-22/h4-15H,3,16-17H2,1-2H3. The lowest BCUT2D eigenvalue weighted by atomic mass is 10.2. The number of aryl methyl sites for hydroxylation is 1. The van der Waals surface area contributed by atoms with Crippen LogP contribution in [-0.4, -0.2) is 45.3 Å². The van der Waals surface area contributed by atoms with Gasteiger partial charge in [-0.25, -0.2) is 14.5 Å². The minimum atomic E-state index is -0.501. The predicted molar refractivity (Wildman–Crippen MR) is 136 cm³/mol. The monoisotopic (exact) mass is 488 g/mol. The first-order chi connectivity index (χ1) is 17.0. The lowest BCUT2D eigenvalue weighted by Gasteiger charge is -2.22. The Balaban J connectivity index is 1.68. The molecule has 0 aliphatic rings.